The van der Waals surface area contributed by atoms with Gasteiger partial charge in [-0.25, -0.2) is 8.42 Å². The van der Waals surface area contributed by atoms with Crippen molar-refractivity contribution in [3.63, 3.8) is 0 Å². The number of sulfonamides is 1. The standard InChI is InChI=1S/C11H15N3O4S2/c1-8-7-19-5-4-13(8)20(17,18)11-3-2-9(14(15)16)6-10(11)12/h2-3,6,8H,4-5,7,12H2,1H3. The molecule has 1 heterocycles. The maximum atomic E-state index is 12.6. The van der Waals surface area contributed by atoms with Crippen LogP contribution in [0.2, 0.25) is 0 Å². The van der Waals surface area contributed by atoms with Gasteiger partial charge in [-0.1, -0.05) is 0 Å². The van der Waals surface area contributed by atoms with Gasteiger partial charge in [-0.15, -0.1) is 0 Å². The van der Waals surface area contributed by atoms with E-state index in [0.29, 0.717) is 6.54 Å². The van der Waals surface area contributed by atoms with Gasteiger partial charge in [0, 0.05) is 36.2 Å². The van der Waals surface area contributed by atoms with E-state index in [4.69, 9.17) is 5.73 Å². The first kappa shape index (κ1) is 15.1. The van der Waals surface area contributed by atoms with E-state index in [1.807, 2.05) is 6.92 Å². The molecule has 1 aliphatic heterocycles. The number of hydrogen-bond acceptors (Lipinski definition) is 6. The Bertz CT molecular complexity index is 633. The molecule has 7 nitrogen and oxygen atoms in total. The molecule has 1 atom stereocenters. The summed E-state index contributed by atoms with van der Waals surface area (Å²) < 4.78 is 26.5. The summed E-state index contributed by atoms with van der Waals surface area (Å²) in [6, 6.07) is 3.33. The minimum Gasteiger partial charge on any atom is -0.397 e. The van der Waals surface area contributed by atoms with E-state index in [0.717, 1.165) is 23.6 Å². The first-order valence-electron chi connectivity index (χ1n) is 5.97. The highest BCUT2D eigenvalue weighted by Crippen LogP contribution is 2.29. The molecule has 0 spiro atoms. The number of nitro benzene ring substituents is 1. The number of nitrogens with two attached hydrogens (primary N) is 1. The third kappa shape index (κ3) is 2.74. The molecular weight excluding hydrogens is 302 g/mol. The summed E-state index contributed by atoms with van der Waals surface area (Å²) in [6.45, 7) is 2.26. The van der Waals surface area contributed by atoms with Crippen LogP contribution < -0.4 is 5.73 Å². The van der Waals surface area contributed by atoms with Gasteiger partial charge < -0.3 is 5.73 Å². The number of nitrogens with zero attached hydrogens (tertiary/aromatic N) is 2. The number of rotatable bonds is 3. The second-order valence-corrected chi connectivity index (χ2v) is 7.53. The van der Waals surface area contributed by atoms with Crippen molar-refractivity contribution in [1.82, 2.24) is 4.31 Å². The second-order valence-electron chi connectivity index (χ2n) is 4.52. The summed E-state index contributed by atoms with van der Waals surface area (Å²) in [5.74, 6) is 1.46. The molecule has 20 heavy (non-hydrogen) atoms. The molecule has 2 rings (SSSR count). The molecule has 1 fully saturated rings. The molecule has 1 unspecified atom stereocenters. The predicted octanol–water partition coefficient (Wildman–Crippen LogP) is 1.30. The fraction of sp³-hybridized carbons (Fsp3) is 0.455. The van der Waals surface area contributed by atoms with Gasteiger partial charge in [0.1, 0.15) is 4.90 Å². The fourth-order valence-electron chi connectivity index (χ4n) is 2.08. The van der Waals surface area contributed by atoms with Gasteiger partial charge in [-0.2, -0.15) is 16.1 Å². The van der Waals surface area contributed by atoms with Crippen LogP contribution in [-0.4, -0.2) is 41.7 Å². The van der Waals surface area contributed by atoms with Crippen LogP contribution in [-0.2, 0) is 10.0 Å². The lowest BCUT2D eigenvalue weighted by molar-refractivity contribution is -0.384. The molecule has 110 valence electrons. The Morgan fingerprint density at radius 2 is 2.20 bits per heavy atom. The lowest BCUT2D eigenvalue weighted by atomic mass is 10.3. The number of non-ortho nitro benzene ring substituents is 1. The number of anilines is 1. The predicted molar refractivity (Wildman–Crippen MR) is 78.2 cm³/mol. The summed E-state index contributed by atoms with van der Waals surface area (Å²) in [7, 11) is -3.71. The van der Waals surface area contributed by atoms with Crippen LogP contribution in [0.1, 0.15) is 6.92 Å². The monoisotopic (exact) mass is 317 g/mol. The normalized spacial score (nSPS) is 20.8. The first-order chi connectivity index (χ1) is 9.34. The topological polar surface area (TPSA) is 107 Å². The van der Waals surface area contributed by atoms with Gasteiger partial charge in [0.05, 0.1) is 10.6 Å². The number of hydrogen-bond donors (Lipinski definition) is 1. The highest BCUT2D eigenvalue weighted by atomic mass is 32.2. The Labute approximate surface area is 121 Å². The fourth-order valence-corrected chi connectivity index (χ4v) is 5.03. The Balaban J connectivity index is 2.41. The molecule has 0 bridgehead atoms. The van der Waals surface area contributed by atoms with Gasteiger partial charge in [0.25, 0.3) is 5.69 Å². The van der Waals surface area contributed by atoms with E-state index in [9.17, 15) is 18.5 Å². The maximum Gasteiger partial charge on any atom is 0.271 e. The van der Waals surface area contributed by atoms with E-state index >= 15 is 0 Å². The minimum absolute atomic E-state index is 0.0677. The molecule has 9 heteroatoms. The summed E-state index contributed by atoms with van der Waals surface area (Å²) in [6.07, 6.45) is 0. The molecule has 1 saturated heterocycles. The highest BCUT2D eigenvalue weighted by molar-refractivity contribution is 7.99. The van der Waals surface area contributed by atoms with Crippen molar-refractivity contribution in [2.75, 3.05) is 23.8 Å². The van der Waals surface area contributed by atoms with E-state index in [-0.39, 0.29) is 22.3 Å². The molecular formula is C11H15N3O4S2. The molecule has 1 aliphatic rings. The van der Waals surface area contributed by atoms with Crippen molar-refractivity contribution in [1.29, 1.82) is 0 Å². The van der Waals surface area contributed by atoms with Crippen molar-refractivity contribution < 1.29 is 13.3 Å². The zero-order valence-corrected chi connectivity index (χ0v) is 12.5. The zero-order valence-electron chi connectivity index (χ0n) is 10.9. The summed E-state index contributed by atoms with van der Waals surface area (Å²) in [5, 5.41) is 10.7. The molecule has 0 saturated carbocycles. The summed E-state index contributed by atoms with van der Waals surface area (Å²) in [4.78, 5) is 9.98. The quantitative estimate of drug-likeness (QED) is 0.511. The van der Waals surface area contributed by atoms with Crippen molar-refractivity contribution in [2.45, 2.75) is 17.9 Å². The van der Waals surface area contributed by atoms with Gasteiger partial charge in [-0.3, -0.25) is 10.1 Å². The lowest BCUT2D eigenvalue weighted by Gasteiger charge is -2.32. The molecule has 0 aliphatic carbocycles. The van der Waals surface area contributed by atoms with E-state index in [1.54, 1.807) is 11.8 Å². The van der Waals surface area contributed by atoms with E-state index in [1.165, 1.54) is 10.4 Å². The van der Waals surface area contributed by atoms with E-state index in [2.05, 4.69) is 0 Å². The molecule has 2 N–H and O–H groups in total. The highest BCUT2D eigenvalue weighted by Gasteiger charge is 2.33. The van der Waals surface area contributed by atoms with Crippen molar-refractivity contribution >= 4 is 33.2 Å². The second kappa shape index (κ2) is 5.58. The van der Waals surface area contributed by atoms with Crippen LogP contribution in [0.15, 0.2) is 23.1 Å². The molecule has 0 radical (unpaired) electrons. The lowest BCUT2D eigenvalue weighted by Crippen LogP contribution is -2.44. The number of thioether (sulfide) groups is 1. The van der Waals surface area contributed by atoms with Gasteiger partial charge >= 0.3 is 0 Å². The van der Waals surface area contributed by atoms with Crippen LogP contribution in [0.4, 0.5) is 11.4 Å². The summed E-state index contributed by atoms with van der Waals surface area (Å²) >= 11 is 1.70. The Morgan fingerprint density at radius 1 is 1.50 bits per heavy atom. The van der Waals surface area contributed by atoms with E-state index < -0.39 is 14.9 Å². The smallest absolute Gasteiger partial charge is 0.271 e. The van der Waals surface area contributed by atoms with Crippen molar-refractivity contribution in [3.8, 4) is 0 Å². The Hall–Kier alpha value is -1.32. The van der Waals surface area contributed by atoms with Crippen LogP contribution in [0.25, 0.3) is 0 Å². The average molecular weight is 317 g/mol. The average Bonchev–Trinajstić information content (AvgIpc) is 2.38. The van der Waals surface area contributed by atoms with Gasteiger partial charge in [0.15, 0.2) is 0 Å². The SMILES string of the molecule is CC1CSCCN1S(=O)(=O)c1ccc([N+](=O)[O-])cc1N. The molecule has 1 aromatic rings. The van der Waals surface area contributed by atoms with Crippen molar-refractivity contribution in [2.24, 2.45) is 0 Å². The molecule has 0 amide bonds. The first-order valence-corrected chi connectivity index (χ1v) is 8.57. The third-order valence-corrected chi connectivity index (χ3v) is 6.37. The Morgan fingerprint density at radius 3 is 2.75 bits per heavy atom. The van der Waals surface area contributed by atoms with Crippen LogP contribution in [0.5, 0.6) is 0 Å². The van der Waals surface area contributed by atoms with Crippen LogP contribution >= 0.6 is 11.8 Å². The largest absolute Gasteiger partial charge is 0.397 e. The summed E-state index contributed by atoms with van der Waals surface area (Å²) in [5.41, 5.74) is 5.37. The molecule has 0 aromatic heterocycles. The van der Waals surface area contributed by atoms with Gasteiger partial charge in [-0.05, 0) is 13.0 Å². The number of nitro groups is 1. The van der Waals surface area contributed by atoms with Crippen molar-refractivity contribution in [3.05, 3.63) is 28.3 Å². The molecule has 1 aromatic carbocycles. The number of benzene rings is 1. The third-order valence-electron chi connectivity index (χ3n) is 3.10. The zero-order chi connectivity index (χ0) is 14.9. The van der Waals surface area contributed by atoms with Crippen LogP contribution in [0, 0.1) is 10.1 Å². The van der Waals surface area contributed by atoms with Crippen LogP contribution in [0.3, 0.4) is 0 Å². The maximum absolute atomic E-state index is 12.6. The minimum atomic E-state index is -3.71. The number of nitrogen functional groups attached to an aromatic ring is 1. The van der Waals surface area contributed by atoms with Gasteiger partial charge in [0.2, 0.25) is 10.0 Å². The Kier molecular flexibility index (Phi) is 4.21.